The van der Waals surface area contributed by atoms with Gasteiger partial charge >= 0.3 is 5.97 Å². The van der Waals surface area contributed by atoms with Crippen molar-refractivity contribution in [2.24, 2.45) is 0 Å². The van der Waals surface area contributed by atoms with Crippen LogP contribution in [0.25, 0.3) is 0 Å². The highest BCUT2D eigenvalue weighted by Crippen LogP contribution is 1.94. The minimum Gasteiger partial charge on any atom is -0.481 e. The first kappa shape index (κ1) is 14.8. The Balaban J connectivity index is 3.70. The second-order valence-electron chi connectivity index (χ2n) is 3.19. The number of carbonyl (C=O) groups excluding carboxylic acids is 1. The number of carboxylic acids is 1. The molecular weight excluding hydrogens is 236 g/mol. The Morgan fingerprint density at radius 2 is 1.88 bits per heavy atom. The van der Waals surface area contributed by atoms with Gasteiger partial charge in [0.1, 0.15) is 0 Å². The fraction of sp³-hybridized carbons (Fsp3) is 0.750. The van der Waals surface area contributed by atoms with Gasteiger partial charge in [-0.05, 0) is 6.42 Å². The third-order valence-corrected chi connectivity index (χ3v) is 3.09. The van der Waals surface area contributed by atoms with Crippen molar-refractivity contribution >= 4 is 21.9 Å². The number of sulfonamides is 1. The van der Waals surface area contributed by atoms with Crippen molar-refractivity contribution in [2.45, 2.75) is 19.8 Å². The maximum Gasteiger partial charge on any atom is 0.303 e. The van der Waals surface area contributed by atoms with Crippen molar-refractivity contribution in [3.8, 4) is 0 Å². The highest BCUT2D eigenvalue weighted by molar-refractivity contribution is 7.89. The quantitative estimate of drug-likeness (QED) is 0.475. The van der Waals surface area contributed by atoms with Gasteiger partial charge in [0.15, 0.2) is 0 Å². The highest BCUT2D eigenvalue weighted by Gasteiger charge is 2.10. The van der Waals surface area contributed by atoms with Gasteiger partial charge in [0.25, 0.3) is 0 Å². The second-order valence-corrected chi connectivity index (χ2v) is 5.12. The summed E-state index contributed by atoms with van der Waals surface area (Å²) in [6.45, 7) is 1.66. The Morgan fingerprint density at radius 3 is 2.38 bits per heavy atom. The monoisotopic (exact) mass is 252 g/mol. The van der Waals surface area contributed by atoms with Crippen LogP contribution in [0.1, 0.15) is 19.8 Å². The van der Waals surface area contributed by atoms with Gasteiger partial charge in [-0.25, -0.2) is 13.1 Å². The zero-order valence-electron chi connectivity index (χ0n) is 9.02. The van der Waals surface area contributed by atoms with E-state index in [0.717, 1.165) is 0 Å². The summed E-state index contributed by atoms with van der Waals surface area (Å²) in [4.78, 5) is 20.6. The summed E-state index contributed by atoms with van der Waals surface area (Å²) >= 11 is 0. The van der Waals surface area contributed by atoms with Gasteiger partial charge in [-0.2, -0.15) is 0 Å². The summed E-state index contributed by atoms with van der Waals surface area (Å²) in [6, 6.07) is 0. The highest BCUT2D eigenvalue weighted by atomic mass is 32.2. The number of nitrogens with one attached hydrogen (secondary N) is 2. The van der Waals surface area contributed by atoms with E-state index in [2.05, 4.69) is 10.0 Å². The average Bonchev–Trinajstić information content (AvgIpc) is 2.11. The molecule has 0 atom stereocenters. The van der Waals surface area contributed by atoms with E-state index >= 15 is 0 Å². The Hall–Kier alpha value is -1.15. The van der Waals surface area contributed by atoms with E-state index in [4.69, 9.17) is 5.11 Å². The standard InChI is InChI=1S/C8H16N2O5S/c1-7(11)9-4-5-10-16(14,15)6-2-3-8(12)13/h10H,2-6H2,1H3,(H,9,11)(H,12,13). The van der Waals surface area contributed by atoms with Crippen molar-refractivity contribution in [1.82, 2.24) is 10.0 Å². The van der Waals surface area contributed by atoms with E-state index in [1.165, 1.54) is 6.92 Å². The molecule has 0 aliphatic heterocycles. The topological polar surface area (TPSA) is 113 Å². The maximum atomic E-state index is 11.2. The third-order valence-electron chi connectivity index (χ3n) is 1.62. The van der Waals surface area contributed by atoms with Gasteiger partial charge < -0.3 is 10.4 Å². The van der Waals surface area contributed by atoms with Crippen LogP contribution in [-0.2, 0) is 19.6 Å². The van der Waals surface area contributed by atoms with Crippen molar-refractivity contribution in [1.29, 1.82) is 0 Å². The first-order valence-corrected chi connectivity index (χ1v) is 6.42. The van der Waals surface area contributed by atoms with Crippen molar-refractivity contribution in [3.05, 3.63) is 0 Å². The van der Waals surface area contributed by atoms with Crippen LogP contribution >= 0.6 is 0 Å². The van der Waals surface area contributed by atoms with Crippen LogP contribution in [0.15, 0.2) is 0 Å². The fourth-order valence-corrected chi connectivity index (χ4v) is 2.01. The molecule has 94 valence electrons. The van der Waals surface area contributed by atoms with E-state index in [9.17, 15) is 18.0 Å². The summed E-state index contributed by atoms with van der Waals surface area (Å²) in [5.74, 6) is -1.47. The predicted molar refractivity (Wildman–Crippen MR) is 57.3 cm³/mol. The molecule has 0 bridgehead atoms. The van der Waals surface area contributed by atoms with Crippen molar-refractivity contribution < 1.29 is 23.1 Å². The van der Waals surface area contributed by atoms with E-state index in [-0.39, 0.29) is 37.6 Å². The molecule has 0 aromatic rings. The molecule has 0 saturated heterocycles. The third kappa shape index (κ3) is 9.41. The van der Waals surface area contributed by atoms with Gasteiger partial charge in [0.05, 0.1) is 5.75 Å². The molecule has 0 radical (unpaired) electrons. The molecule has 3 N–H and O–H groups in total. The van der Waals surface area contributed by atoms with E-state index in [0.29, 0.717) is 0 Å². The number of carboxylic acid groups (broad SMARTS) is 1. The maximum absolute atomic E-state index is 11.2. The van der Waals surface area contributed by atoms with Crippen molar-refractivity contribution in [3.63, 3.8) is 0 Å². The molecule has 8 heteroatoms. The molecule has 0 saturated carbocycles. The molecule has 0 rings (SSSR count). The SMILES string of the molecule is CC(=O)NCCNS(=O)(=O)CCCC(=O)O. The second kappa shape index (κ2) is 7.18. The van der Waals surface area contributed by atoms with Crippen molar-refractivity contribution in [2.75, 3.05) is 18.8 Å². The van der Waals surface area contributed by atoms with Gasteiger partial charge in [-0.15, -0.1) is 0 Å². The largest absolute Gasteiger partial charge is 0.481 e. The first-order valence-electron chi connectivity index (χ1n) is 4.77. The molecule has 0 unspecified atom stereocenters. The summed E-state index contributed by atoms with van der Waals surface area (Å²) in [7, 11) is -3.44. The van der Waals surface area contributed by atoms with Crippen LogP contribution in [0, 0.1) is 0 Å². The normalized spacial score (nSPS) is 11.1. The molecule has 0 aliphatic rings. The Bertz CT molecular complexity index is 338. The van der Waals surface area contributed by atoms with Crippen LogP contribution in [0.4, 0.5) is 0 Å². The van der Waals surface area contributed by atoms with Gasteiger partial charge in [0.2, 0.25) is 15.9 Å². The smallest absolute Gasteiger partial charge is 0.303 e. The van der Waals surface area contributed by atoms with Crippen LogP contribution in [-0.4, -0.2) is 44.2 Å². The molecule has 0 aromatic heterocycles. The number of aliphatic carboxylic acids is 1. The Labute approximate surface area is 94.3 Å². The zero-order chi connectivity index (χ0) is 12.6. The Kier molecular flexibility index (Phi) is 6.66. The van der Waals surface area contributed by atoms with E-state index in [1.807, 2.05) is 0 Å². The van der Waals surface area contributed by atoms with Gasteiger partial charge in [0, 0.05) is 26.4 Å². The van der Waals surface area contributed by atoms with Gasteiger partial charge in [-0.3, -0.25) is 9.59 Å². The van der Waals surface area contributed by atoms with Crippen LogP contribution < -0.4 is 10.0 Å². The number of hydrogen-bond donors (Lipinski definition) is 3. The zero-order valence-corrected chi connectivity index (χ0v) is 9.84. The number of carbonyl (C=O) groups is 2. The average molecular weight is 252 g/mol. The lowest BCUT2D eigenvalue weighted by atomic mass is 10.3. The first-order chi connectivity index (χ1) is 7.33. The fourth-order valence-electron chi connectivity index (χ4n) is 0.931. The van der Waals surface area contributed by atoms with Crippen LogP contribution in [0.3, 0.4) is 0 Å². The lowest BCUT2D eigenvalue weighted by molar-refractivity contribution is -0.137. The molecule has 1 amide bonds. The molecule has 16 heavy (non-hydrogen) atoms. The minimum absolute atomic E-state index is 0.0742. The molecule has 0 heterocycles. The summed E-state index contributed by atoms with van der Waals surface area (Å²) in [5, 5.41) is 10.8. The molecule has 0 aliphatic carbocycles. The lowest BCUT2D eigenvalue weighted by Gasteiger charge is -2.06. The van der Waals surface area contributed by atoms with E-state index < -0.39 is 16.0 Å². The van der Waals surface area contributed by atoms with Crippen LogP contribution in [0.2, 0.25) is 0 Å². The predicted octanol–water partition coefficient (Wildman–Crippen LogP) is -1.09. The number of hydrogen-bond acceptors (Lipinski definition) is 4. The summed E-state index contributed by atoms with van der Waals surface area (Å²) in [6.07, 6.45) is -0.0998. The number of amides is 1. The number of rotatable bonds is 8. The summed E-state index contributed by atoms with van der Waals surface area (Å²) in [5.41, 5.74) is 0. The minimum atomic E-state index is -3.44. The molecular formula is C8H16N2O5S. The molecule has 7 nitrogen and oxygen atoms in total. The molecule has 0 fully saturated rings. The van der Waals surface area contributed by atoms with Crippen LogP contribution in [0.5, 0.6) is 0 Å². The Morgan fingerprint density at radius 1 is 1.25 bits per heavy atom. The van der Waals surface area contributed by atoms with E-state index in [1.54, 1.807) is 0 Å². The lowest BCUT2D eigenvalue weighted by Crippen LogP contribution is -2.34. The molecule has 0 spiro atoms. The summed E-state index contributed by atoms with van der Waals surface area (Å²) < 4.78 is 24.7. The molecule has 0 aromatic carbocycles. The van der Waals surface area contributed by atoms with Gasteiger partial charge in [-0.1, -0.05) is 0 Å².